The number of alkyl halides is 1. The Morgan fingerprint density at radius 1 is 1.62 bits per heavy atom. The summed E-state index contributed by atoms with van der Waals surface area (Å²) in [5.74, 6) is -0.199. The summed E-state index contributed by atoms with van der Waals surface area (Å²) in [5, 5.41) is -0.182. The molecule has 0 amide bonds. The molecule has 88 valence electrons. The van der Waals surface area contributed by atoms with Crippen LogP contribution < -0.4 is 0 Å². The van der Waals surface area contributed by atoms with Crippen molar-refractivity contribution in [2.24, 2.45) is 0 Å². The molecule has 0 radical (unpaired) electrons. The molecule has 0 bridgehead atoms. The first-order chi connectivity index (χ1) is 7.65. The molecule has 1 unspecified atom stereocenters. The third-order valence-corrected chi connectivity index (χ3v) is 2.78. The molecule has 0 fully saturated rings. The van der Waals surface area contributed by atoms with Crippen LogP contribution in [-0.2, 0) is 9.53 Å². The van der Waals surface area contributed by atoms with Crippen molar-refractivity contribution in [3.63, 3.8) is 0 Å². The van der Waals surface area contributed by atoms with Crippen molar-refractivity contribution >= 4 is 17.6 Å². The minimum Gasteiger partial charge on any atom is -0.466 e. The molecule has 1 aromatic heterocycles. The summed E-state index contributed by atoms with van der Waals surface area (Å²) in [5.41, 5.74) is 2.08. The van der Waals surface area contributed by atoms with Gasteiger partial charge in [0.2, 0.25) is 0 Å². The standard InChI is InChI=1S/C12H16ClNO2/c1-3-16-12(15)5-4-11(13)10-8-14-7-6-9(10)2/h6-8,11H,3-5H2,1-2H3. The Balaban J connectivity index is 2.50. The number of carbonyl (C=O) groups is 1. The molecule has 1 heterocycles. The predicted molar refractivity (Wildman–Crippen MR) is 63.4 cm³/mol. The van der Waals surface area contributed by atoms with Crippen molar-refractivity contribution in [2.45, 2.75) is 32.1 Å². The first-order valence-corrected chi connectivity index (χ1v) is 5.79. The van der Waals surface area contributed by atoms with Crippen LogP contribution in [0.2, 0.25) is 0 Å². The van der Waals surface area contributed by atoms with Gasteiger partial charge in [0.15, 0.2) is 0 Å². The minimum absolute atomic E-state index is 0.182. The Kier molecular flexibility index (Phi) is 5.26. The molecule has 1 atom stereocenters. The van der Waals surface area contributed by atoms with Crippen LogP contribution in [0, 0.1) is 6.92 Å². The molecule has 0 aliphatic carbocycles. The Morgan fingerprint density at radius 2 is 2.38 bits per heavy atom. The van der Waals surface area contributed by atoms with E-state index in [9.17, 15) is 4.79 Å². The third kappa shape index (κ3) is 3.81. The molecular weight excluding hydrogens is 226 g/mol. The largest absolute Gasteiger partial charge is 0.466 e. The zero-order valence-electron chi connectivity index (χ0n) is 9.57. The Morgan fingerprint density at radius 3 is 3.00 bits per heavy atom. The van der Waals surface area contributed by atoms with Crippen LogP contribution >= 0.6 is 11.6 Å². The van der Waals surface area contributed by atoms with Gasteiger partial charge in [-0.25, -0.2) is 0 Å². The Hall–Kier alpha value is -1.09. The van der Waals surface area contributed by atoms with E-state index in [1.54, 1.807) is 19.3 Å². The van der Waals surface area contributed by atoms with Crippen molar-refractivity contribution in [3.8, 4) is 0 Å². The molecule has 4 heteroatoms. The molecule has 0 saturated heterocycles. The van der Waals surface area contributed by atoms with E-state index >= 15 is 0 Å². The van der Waals surface area contributed by atoms with Crippen LogP contribution in [0.25, 0.3) is 0 Å². The summed E-state index contributed by atoms with van der Waals surface area (Å²) < 4.78 is 4.85. The topological polar surface area (TPSA) is 39.2 Å². The fourth-order valence-corrected chi connectivity index (χ4v) is 1.77. The van der Waals surface area contributed by atoms with Gasteiger partial charge in [-0.3, -0.25) is 9.78 Å². The average Bonchev–Trinajstić information content (AvgIpc) is 2.27. The molecule has 0 aromatic carbocycles. The monoisotopic (exact) mass is 241 g/mol. The highest BCUT2D eigenvalue weighted by atomic mass is 35.5. The molecule has 0 aliphatic heterocycles. The van der Waals surface area contributed by atoms with E-state index in [-0.39, 0.29) is 11.3 Å². The summed E-state index contributed by atoms with van der Waals surface area (Å²) in [7, 11) is 0. The van der Waals surface area contributed by atoms with Crippen molar-refractivity contribution < 1.29 is 9.53 Å². The van der Waals surface area contributed by atoms with Crippen LogP contribution in [0.4, 0.5) is 0 Å². The number of carbonyl (C=O) groups excluding carboxylic acids is 1. The van der Waals surface area contributed by atoms with E-state index in [2.05, 4.69) is 4.98 Å². The van der Waals surface area contributed by atoms with Gasteiger partial charge < -0.3 is 4.74 Å². The molecule has 0 N–H and O–H groups in total. The van der Waals surface area contributed by atoms with Crippen LogP contribution in [0.5, 0.6) is 0 Å². The van der Waals surface area contributed by atoms with E-state index < -0.39 is 0 Å². The second-order valence-corrected chi connectivity index (χ2v) is 4.07. The summed E-state index contributed by atoms with van der Waals surface area (Å²) in [6.45, 7) is 4.19. The summed E-state index contributed by atoms with van der Waals surface area (Å²) in [6.07, 6.45) is 4.40. The lowest BCUT2D eigenvalue weighted by molar-refractivity contribution is -0.143. The Bertz CT molecular complexity index is 355. The van der Waals surface area contributed by atoms with Gasteiger partial charge in [0.05, 0.1) is 12.0 Å². The van der Waals surface area contributed by atoms with Crippen LogP contribution in [0.1, 0.15) is 36.3 Å². The molecule has 3 nitrogen and oxygen atoms in total. The first kappa shape index (κ1) is 13.0. The van der Waals surface area contributed by atoms with Crippen molar-refractivity contribution in [2.75, 3.05) is 6.61 Å². The lowest BCUT2D eigenvalue weighted by atomic mass is 10.1. The molecule has 1 rings (SSSR count). The van der Waals surface area contributed by atoms with E-state index in [4.69, 9.17) is 16.3 Å². The SMILES string of the molecule is CCOC(=O)CCC(Cl)c1cnccc1C. The minimum atomic E-state index is -0.199. The van der Waals surface area contributed by atoms with Crippen LogP contribution in [0.15, 0.2) is 18.5 Å². The normalized spacial score (nSPS) is 12.2. The number of aromatic nitrogens is 1. The molecule has 0 aliphatic rings. The van der Waals surface area contributed by atoms with Gasteiger partial charge in [-0.05, 0) is 37.5 Å². The second kappa shape index (κ2) is 6.48. The van der Waals surface area contributed by atoms with E-state index in [1.807, 2.05) is 13.0 Å². The number of rotatable bonds is 5. The fraction of sp³-hybridized carbons (Fsp3) is 0.500. The number of ether oxygens (including phenoxy) is 1. The lowest BCUT2D eigenvalue weighted by Crippen LogP contribution is -2.05. The maximum absolute atomic E-state index is 11.2. The van der Waals surface area contributed by atoms with Crippen molar-refractivity contribution in [1.82, 2.24) is 4.98 Å². The van der Waals surface area contributed by atoms with Crippen LogP contribution in [-0.4, -0.2) is 17.6 Å². The van der Waals surface area contributed by atoms with Gasteiger partial charge in [-0.1, -0.05) is 0 Å². The molecule has 1 aromatic rings. The molecule has 0 spiro atoms. The van der Waals surface area contributed by atoms with E-state index in [0.29, 0.717) is 19.4 Å². The van der Waals surface area contributed by atoms with Gasteiger partial charge in [0, 0.05) is 18.8 Å². The van der Waals surface area contributed by atoms with Gasteiger partial charge in [-0.15, -0.1) is 11.6 Å². The first-order valence-electron chi connectivity index (χ1n) is 5.35. The molecule has 16 heavy (non-hydrogen) atoms. The molecule has 0 saturated carbocycles. The zero-order valence-corrected chi connectivity index (χ0v) is 10.3. The number of hydrogen-bond donors (Lipinski definition) is 0. The van der Waals surface area contributed by atoms with E-state index in [1.165, 1.54) is 0 Å². The second-order valence-electron chi connectivity index (χ2n) is 3.54. The third-order valence-electron chi connectivity index (χ3n) is 2.32. The highest BCUT2D eigenvalue weighted by Crippen LogP contribution is 2.27. The average molecular weight is 242 g/mol. The fourth-order valence-electron chi connectivity index (χ4n) is 1.44. The number of hydrogen-bond acceptors (Lipinski definition) is 3. The smallest absolute Gasteiger partial charge is 0.305 e. The predicted octanol–water partition coefficient (Wildman–Crippen LogP) is 3.01. The number of aryl methyl sites for hydroxylation is 1. The van der Waals surface area contributed by atoms with Gasteiger partial charge in [0.25, 0.3) is 0 Å². The van der Waals surface area contributed by atoms with Crippen LogP contribution in [0.3, 0.4) is 0 Å². The van der Waals surface area contributed by atoms with Gasteiger partial charge in [-0.2, -0.15) is 0 Å². The van der Waals surface area contributed by atoms with E-state index in [0.717, 1.165) is 11.1 Å². The maximum Gasteiger partial charge on any atom is 0.305 e. The number of halogens is 1. The quantitative estimate of drug-likeness (QED) is 0.588. The Labute approximate surface area is 101 Å². The summed E-state index contributed by atoms with van der Waals surface area (Å²) >= 11 is 6.21. The summed E-state index contributed by atoms with van der Waals surface area (Å²) in [4.78, 5) is 15.2. The van der Waals surface area contributed by atoms with Gasteiger partial charge in [0.1, 0.15) is 0 Å². The van der Waals surface area contributed by atoms with Crippen molar-refractivity contribution in [1.29, 1.82) is 0 Å². The highest BCUT2D eigenvalue weighted by Gasteiger charge is 2.13. The zero-order chi connectivity index (χ0) is 12.0. The van der Waals surface area contributed by atoms with Crippen molar-refractivity contribution in [3.05, 3.63) is 29.6 Å². The number of nitrogens with zero attached hydrogens (tertiary/aromatic N) is 1. The maximum atomic E-state index is 11.2. The highest BCUT2D eigenvalue weighted by molar-refractivity contribution is 6.20. The summed E-state index contributed by atoms with van der Waals surface area (Å²) in [6, 6.07) is 1.91. The van der Waals surface area contributed by atoms with Gasteiger partial charge >= 0.3 is 5.97 Å². The number of esters is 1. The number of pyridine rings is 1. The molecular formula is C12H16ClNO2. The lowest BCUT2D eigenvalue weighted by Gasteiger charge is -2.11.